The van der Waals surface area contributed by atoms with Gasteiger partial charge in [0.2, 0.25) is 0 Å². The van der Waals surface area contributed by atoms with Crippen molar-refractivity contribution in [2.45, 2.75) is 39.5 Å². The third kappa shape index (κ3) is 7.96. The van der Waals surface area contributed by atoms with Gasteiger partial charge in [0.15, 0.2) is 0 Å². The Morgan fingerprint density at radius 1 is 1.38 bits per heavy atom. The van der Waals surface area contributed by atoms with E-state index in [-0.39, 0.29) is 50.7 Å². The SMILES string of the molecule is CCCCC1=[C-]C(C)=CC1.[Cl-].[Cl-].[Hf]. The Morgan fingerprint density at radius 2 is 2.00 bits per heavy atom. The number of unbranched alkanes of at least 4 members (excludes halogenated alkanes) is 1. The maximum absolute atomic E-state index is 3.37. The first-order valence-corrected chi connectivity index (χ1v) is 4.11. The molecule has 76 valence electrons. The van der Waals surface area contributed by atoms with Crippen LogP contribution in [0.3, 0.4) is 0 Å². The summed E-state index contributed by atoms with van der Waals surface area (Å²) >= 11 is 0. The van der Waals surface area contributed by atoms with Crippen molar-refractivity contribution in [1.29, 1.82) is 0 Å². The molecule has 0 atom stereocenters. The molecule has 0 saturated carbocycles. The molecule has 0 heterocycles. The van der Waals surface area contributed by atoms with E-state index in [9.17, 15) is 0 Å². The van der Waals surface area contributed by atoms with E-state index < -0.39 is 0 Å². The monoisotopic (exact) mass is 385 g/mol. The van der Waals surface area contributed by atoms with Gasteiger partial charge in [0, 0.05) is 25.8 Å². The van der Waals surface area contributed by atoms with Crippen molar-refractivity contribution in [3.05, 3.63) is 23.3 Å². The Balaban J connectivity index is -0.000000333. The molecule has 3 heteroatoms. The molecule has 0 aromatic heterocycles. The van der Waals surface area contributed by atoms with Gasteiger partial charge in [-0.1, -0.05) is 39.5 Å². The van der Waals surface area contributed by atoms with Crippen molar-refractivity contribution in [3.63, 3.8) is 0 Å². The third-order valence-corrected chi connectivity index (χ3v) is 1.86. The Bertz CT molecular complexity index is 174. The number of hydrogen-bond acceptors (Lipinski definition) is 0. The largest absolute Gasteiger partial charge is 1.00 e. The summed E-state index contributed by atoms with van der Waals surface area (Å²) in [5.74, 6) is 0. The zero-order chi connectivity index (χ0) is 7.40. The fourth-order valence-electron chi connectivity index (χ4n) is 1.21. The van der Waals surface area contributed by atoms with E-state index in [0.29, 0.717) is 0 Å². The first-order valence-electron chi connectivity index (χ1n) is 4.11. The average Bonchev–Trinajstić information content (AvgIpc) is 2.31. The van der Waals surface area contributed by atoms with E-state index in [2.05, 4.69) is 26.0 Å². The van der Waals surface area contributed by atoms with E-state index in [4.69, 9.17) is 0 Å². The van der Waals surface area contributed by atoms with Crippen LogP contribution in [0.15, 0.2) is 17.2 Å². The Hall–Kier alpha value is 0.930. The molecule has 0 spiro atoms. The quantitative estimate of drug-likeness (QED) is 0.366. The molecule has 13 heavy (non-hydrogen) atoms. The molecule has 0 amide bonds. The molecule has 0 bridgehead atoms. The molecular formula is C10H15Cl2Hf-3. The normalized spacial score (nSPS) is 13.1. The van der Waals surface area contributed by atoms with Crippen molar-refractivity contribution in [2.24, 2.45) is 0 Å². The van der Waals surface area contributed by atoms with Crippen LogP contribution in [0.4, 0.5) is 0 Å². The van der Waals surface area contributed by atoms with Crippen molar-refractivity contribution >= 4 is 0 Å². The molecule has 1 aliphatic carbocycles. The van der Waals surface area contributed by atoms with E-state index in [0.717, 1.165) is 6.42 Å². The fourth-order valence-corrected chi connectivity index (χ4v) is 1.21. The Morgan fingerprint density at radius 3 is 2.38 bits per heavy atom. The molecule has 1 aliphatic rings. The van der Waals surface area contributed by atoms with E-state index in [1.807, 2.05) is 0 Å². The topological polar surface area (TPSA) is 0 Å². The number of hydrogen-bond donors (Lipinski definition) is 0. The van der Waals surface area contributed by atoms with Gasteiger partial charge in [0.25, 0.3) is 0 Å². The van der Waals surface area contributed by atoms with Crippen LogP contribution in [0.2, 0.25) is 0 Å². The smallest absolute Gasteiger partial charge is 0 e. The Kier molecular flexibility index (Phi) is 16.5. The Labute approximate surface area is 113 Å². The van der Waals surface area contributed by atoms with Gasteiger partial charge < -0.3 is 24.8 Å². The second-order valence-corrected chi connectivity index (χ2v) is 2.92. The van der Waals surface area contributed by atoms with Crippen molar-refractivity contribution in [2.75, 3.05) is 0 Å². The zero-order valence-electron chi connectivity index (χ0n) is 8.16. The van der Waals surface area contributed by atoms with Gasteiger partial charge in [-0.05, 0) is 0 Å². The van der Waals surface area contributed by atoms with E-state index >= 15 is 0 Å². The van der Waals surface area contributed by atoms with Crippen LogP contribution < -0.4 is 24.8 Å². The maximum atomic E-state index is 3.37. The summed E-state index contributed by atoms with van der Waals surface area (Å²) in [5.41, 5.74) is 2.82. The molecule has 0 unspecified atom stereocenters. The molecule has 0 aromatic carbocycles. The third-order valence-electron chi connectivity index (χ3n) is 1.86. The summed E-state index contributed by atoms with van der Waals surface area (Å²) in [5, 5.41) is 0. The first-order chi connectivity index (χ1) is 4.83. The molecule has 1 rings (SSSR count). The van der Waals surface area contributed by atoms with Gasteiger partial charge >= 0.3 is 0 Å². The maximum Gasteiger partial charge on any atom is 0 e. The summed E-state index contributed by atoms with van der Waals surface area (Å²) < 4.78 is 0. The van der Waals surface area contributed by atoms with E-state index in [1.165, 1.54) is 30.4 Å². The molecule has 0 N–H and O–H groups in total. The molecule has 0 radical (unpaired) electrons. The van der Waals surface area contributed by atoms with Crippen molar-refractivity contribution < 1.29 is 50.7 Å². The van der Waals surface area contributed by atoms with Crippen LogP contribution in [-0.2, 0) is 25.8 Å². The zero-order valence-corrected chi connectivity index (χ0v) is 13.3. The van der Waals surface area contributed by atoms with Gasteiger partial charge in [-0.3, -0.25) is 0 Å². The molecule has 0 aliphatic heterocycles. The van der Waals surface area contributed by atoms with Crippen LogP contribution in [0.5, 0.6) is 0 Å². The molecular weight excluding hydrogens is 370 g/mol. The van der Waals surface area contributed by atoms with Gasteiger partial charge in [-0.15, -0.1) is 0 Å². The number of rotatable bonds is 3. The predicted octanol–water partition coefficient (Wildman–Crippen LogP) is -2.74. The van der Waals surface area contributed by atoms with Crippen molar-refractivity contribution in [1.82, 2.24) is 0 Å². The fraction of sp³-hybridized carbons (Fsp3) is 0.600. The standard InChI is InChI=1S/C10H15.2ClH.Hf/c1-3-4-5-10-7-6-9(2)8-10;;;/h6H,3-5,7H2,1-2H3;2*1H;/q-1;;;/p-2. The van der Waals surface area contributed by atoms with Gasteiger partial charge in [-0.2, -0.15) is 5.57 Å². The molecule has 0 nitrogen and oxygen atoms in total. The molecule has 0 saturated heterocycles. The minimum Gasteiger partial charge on any atom is -1.00 e. The number of halogens is 2. The molecule has 0 aromatic rings. The summed E-state index contributed by atoms with van der Waals surface area (Å²) in [6.07, 6.45) is 10.7. The van der Waals surface area contributed by atoms with Gasteiger partial charge in [0.1, 0.15) is 0 Å². The van der Waals surface area contributed by atoms with Crippen LogP contribution in [-0.4, -0.2) is 0 Å². The van der Waals surface area contributed by atoms with Crippen LogP contribution in [0.25, 0.3) is 0 Å². The van der Waals surface area contributed by atoms with Crippen LogP contribution in [0, 0.1) is 6.08 Å². The van der Waals surface area contributed by atoms with E-state index in [1.54, 1.807) is 0 Å². The minimum absolute atomic E-state index is 0. The van der Waals surface area contributed by atoms with Crippen LogP contribution >= 0.6 is 0 Å². The second-order valence-electron chi connectivity index (χ2n) is 2.92. The summed E-state index contributed by atoms with van der Waals surface area (Å²) in [6.45, 7) is 4.36. The first kappa shape index (κ1) is 19.5. The van der Waals surface area contributed by atoms with Crippen LogP contribution in [0.1, 0.15) is 39.5 Å². The summed E-state index contributed by atoms with van der Waals surface area (Å²) in [7, 11) is 0. The second kappa shape index (κ2) is 11.0. The summed E-state index contributed by atoms with van der Waals surface area (Å²) in [4.78, 5) is 0. The minimum atomic E-state index is 0. The van der Waals surface area contributed by atoms with Crippen molar-refractivity contribution in [3.8, 4) is 0 Å². The number of allylic oxidation sites excluding steroid dienone is 4. The predicted molar refractivity (Wildman–Crippen MR) is 44.7 cm³/mol. The van der Waals surface area contributed by atoms with Gasteiger partial charge in [0.05, 0.1) is 0 Å². The summed E-state index contributed by atoms with van der Waals surface area (Å²) in [6, 6.07) is 0. The average molecular weight is 385 g/mol. The molecule has 0 fully saturated rings. The van der Waals surface area contributed by atoms with Gasteiger partial charge in [-0.25, -0.2) is 17.7 Å².